The van der Waals surface area contributed by atoms with Crippen LogP contribution in [0.3, 0.4) is 0 Å². The van der Waals surface area contributed by atoms with E-state index in [1.54, 1.807) is 12.1 Å². The number of ether oxygens (including phenoxy) is 1. The van der Waals surface area contributed by atoms with Crippen LogP contribution in [0.5, 0.6) is 0 Å². The fourth-order valence-electron chi connectivity index (χ4n) is 2.41. The first kappa shape index (κ1) is 14.2. The van der Waals surface area contributed by atoms with Gasteiger partial charge in [0.15, 0.2) is 10.6 Å². The molecule has 1 aromatic carbocycles. The van der Waals surface area contributed by atoms with Crippen molar-refractivity contribution in [2.45, 2.75) is 32.0 Å². The summed E-state index contributed by atoms with van der Waals surface area (Å²) in [5.74, 6) is 0.571. The first-order valence-electron chi connectivity index (χ1n) is 6.97. The molecule has 0 radical (unpaired) electrons. The molecule has 1 saturated heterocycles. The number of nitrogens with zero attached hydrogens (tertiary/aromatic N) is 2. The number of rotatable bonds is 5. The van der Waals surface area contributed by atoms with Crippen LogP contribution in [0.4, 0.5) is 10.1 Å². The van der Waals surface area contributed by atoms with Crippen molar-refractivity contribution in [1.82, 2.24) is 14.8 Å². The summed E-state index contributed by atoms with van der Waals surface area (Å²) in [4.78, 5) is 0. The van der Waals surface area contributed by atoms with Crippen LogP contribution < -0.4 is 5.32 Å². The maximum atomic E-state index is 12.9. The van der Waals surface area contributed by atoms with Gasteiger partial charge in [0.25, 0.3) is 0 Å². The van der Waals surface area contributed by atoms with Crippen molar-refractivity contribution >= 4 is 17.9 Å². The van der Waals surface area contributed by atoms with Gasteiger partial charge in [-0.25, -0.2) is 4.39 Å². The van der Waals surface area contributed by atoms with E-state index in [0.717, 1.165) is 37.5 Å². The Morgan fingerprint density at radius 3 is 2.95 bits per heavy atom. The van der Waals surface area contributed by atoms with Crippen molar-refractivity contribution in [3.05, 3.63) is 40.7 Å². The number of H-pyrrole nitrogens is 1. The van der Waals surface area contributed by atoms with E-state index in [2.05, 4.69) is 15.5 Å². The lowest BCUT2D eigenvalue weighted by Gasteiger charge is -2.13. The van der Waals surface area contributed by atoms with Gasteiger partial charge in [-0.1, -0.05) is 0 Å². The van der Waals surface area contributed by atoms with Gasteiger partial charge in [-0.3, -0.25) is 5.10 Å². The Hall–Kier alpha value is -1.73. The molecule has 2 heterocycles. The van der Waals surface area contributed by atoms with Gasteiger partial charge in [-0.2, -0.15) is 5.10 Å². The summed E-state index contributed by atoms with van der Waals surface area (Å²) in [5, 5.41) is 10.3. The minimum Gasteiger partial charge on any atom is -0.378 e. The SMILES string of the molecule is Fc1ccc(NCc2n[nH]c(=S)n2CC2CCCO2)cc1. The van der Waals surface area contributed by atoms with E-state index in [9.17, 15) is 4.39 Å². The van der Waals surface area contributed by atoms with Crippen molar-refractivity contribution < 1.29 is 9.13 Å². The second-order valence-corrected chi connectivity index (χ2v) is 5.44. The minimum atomic E-state index is -0.249. The molecule has 5 nitrogen and oxygen atoms in total. The van der Waals surface area contributed by atoms with Gasteiger partial charge in [0.2, 0.25) is 0 Å². The van der Waals surface area contributed by atoms with Gasteiger partial charge in [-0.05, 0) is 49.3 Å². The summed E-state index contributed by atoms with van der Waals surface area (Å²) in [7, 11) is 0. The van der Waals surface area contributed by atoms with Crippen LogP contribution in [0, 0.1) is 10.6 Å². The van der Waals surface area contributed by atoms with Crippen molar-refractivity contribution in [1.29, 1.82) is 0 Å². The van der Waals surface area contributed by atoms with E-state index in [1.807, 2.05) is 4.57 Å². The number of anilines is 1. The molecule has 3 rings (SSSR count). The van der Waals surface area contributed by atoms with Gasteiger partial charge in [0.1, 0.15) is 5.82 Å². The molecule has 1 unspecified atom stereocenters. The lowest BCUT2D eigenvalue weighted by Crippen LogP contribution is -2.18. The van der Waals surface area contributed by atoms with E-state index >= 15 is 0 Å². The number of hydrogen-bond donors (Lipinski definition) is 2. The molecule has 0 aliphatic carbocycles. The van der Waals surface area contributed by atoms with Crippen LogP contribution >= 0.6 is 12.2 Å². The number of hydrogen-bond acceptors (Lipinski definition) is 4. The van der Waals surface area contributed by atoms with E-state index in [-0.39, 0.29) is 11.9 Å². The standard InChI is InChI=1S/C14H17FN4OS/c15-10-3-5-11(6-4-10)16-8-13-17-18-14(21)19(13)9-12-2-1-7-20-12/h3-6,12,16H,1-2,7-9H2,(H,18,21). The third-order valence-corrected chi connectivity index (χ3v) is 3.85. The summed E-state index contributed by atoms with van der Waals surface area (Å²) in [6.45, 7) is 2.06. The number of benzene rings is 1. The predicted octanol–water partition coefficient (Wildman–Crippen LogP) is 2.87. The molecule has 1 aromatic heterocycles. The van der Waals surface area contributed by atoms with E-state index < -0.39 is 0 Å². The Morgan fingerprint density at radius 1 is 1.43 bits per heavy atom. The van der Waals surface area contributed by atoms with E-state index in [4.69, 9.17) is 17.0 Å². The summed E-state index contributed by atoms with van der Waals surface area (Å²) in [5.41, 5.74) is 0.842. The zero-order valence-electron chi connectivity index (χ0n) is 11.5. The highest BCUT2D eigenvalue weighted by Gasteiger charge is 2.18. The van der Waals surface area contributed by atoms with Gasteiger partial charge < -0.3 is 14.6 Å². The summed E-state index contributed by atoms with van der Waals surface area (Å²) in [6.07, 6.45) is 2.36. The molecule has 21 heavy (non-hydrogen) atoms. The van der Waals surface area contributed by atoms with E-state index in [0.29, 0.717) is 11.3 Å². The largest absolute Gasteiger partial charge is 0.378 e. The molecule has 2 aromatic rings. The molecule has 2 N–H and O–H groups in total. The van der Waals surface area contributed by atoms with Crippen molar-refractivity contribution in [3.63, 3.8) is 0 Å². The molecule has 7 heteroatoms. The Morgan fingerprint density at radius 2 is 2.24 bits per heavy atom. The van der Waals surface area contributed by atoms with Gasteiger partial charge in [0, 0.05) is 12.3 Å². The summed E-state index contributed by atoms with van der Waals surface area (Å²) in [6, 6.07) is 6.24. The summed E-state index contributed by atoms with van der Waals surface area (Å²) >= 11 is 5.27. The zero-order chi connectivity index (χ0) is 14.7. The van der Waals surface area contributed by atoms with Crippen LogP contribution in [-0.2, 0) is 17.8 Å². The smallest absolute Gasteiger partial charge is 0.195 e. The average molecular weight is 308 g/mol. The Kier molecular flexibility index (Phi) is 4.31. The molecular weight excluding hydrogens is 291 g/mol. The fraction of sp³-hybridized carbons (Fsp3) is 0.429. The molecule has 0 saturated carbocycles. The second-order valence-electron chi connectivity index (χ2n) is 5.05. The second kappa shape index (κ2) is 6.36. The molecule has 112 valence electrons. The van der Waals surface area contributed by atoms with Crippen molar-refractivity contribution in [2.24, 2.45) is 0 Å². The molecular formula is C14H17FN4OS. The molecule has 1 atom stereocenters. The monoisotopic (exact) mass is 308 g/mol. The quantitative estimate of drug-likeness (QED) is 0.834. The molecule has 1 aliphatic rings. The average Bonchev–Trinajstić information content (AvgIpc) is 3.11. The van der Waals surface area contributed by atoms with Crippen LogP contribution in [-0.4, -0.2) is 27.5 Å². The van der Waals surface area contributed by atoms with Gasteiger partial charge in [0.05, 0.1) is 19.2 Å². The summed E-state index contributed by atoms with van der Waals surface area (Å²) < 4.78 is 21.1. The maximum Gasteiger partial charge on any atom is 0.195 e. The third-order valence-electron chi connectivity index (χ3n) is 3.54. The predicted molar refractivity (Wildman–Crippen MR) is 80.1 cm³/mol. The highest BCUT2D eigenvalue weighted by atomic mass is 32.1. The lowest BCUT2D eigenvalue weighted by molar-refractivity contribution is 0.0959. The maximum absolute atomic E-state index is 12.9. The van der Waals surface area contributed by atoms with Gasteiger partial charge >= 0.3 is 0 Å². The molecule has 0 bridgehead atoms. The van der Waals surface area contributed by atoms with Crippen molar-refractivity contribution in [2.75, 3.05) is 11.9 Å². The van der Waals surface area contributed by atoms with Crippen LogP contribution in [0.1, 0.15) is 18.7 Å². The van der Waals surface area contributed by atoms with Crippen molar-refractivity contribution in [3.8, 4) is 0 Å². The highest BCUT2D eigenvalue weighted by Crippen LogP contribution is 2.16. The fourth-order valence-corrected chi connectivity index (χ4v) is 2.64. The Labute approximate surface area is 127 Å². The number of aromatic amines is 1. The highest BCUT2D eigenvalue weighted by molar-refractivity contribution is 7.71. The van der Waals surface area contributed by atoms with Crippen LogP contribution in [0.2, 0.25) is 0 Å². The topological polar surface area (TPSA) is 54.9 Å². The van der Waals surface area contributed by atoms with Crippen LogP contribution in [0.15, 0.2) is 24.3 Å². The lowest BCUT2D eigenvalue weighted by atomic mass is 10.2. The number of nitrogens with one attached hydrogen (secondary N) is 2. The Bertz CT molecular complexity index is 646. The number of halogens is 1. The molecule has 0 amide bonds. The first-order valence-corrected chi connectivity index (χ1v) is 7.38. The number of aromatic nitrogens is 3. The Balaban J connectivity index is 1.67. The first-order chi connectivity index (χ1) is 10.2. The van der Waals surface area contributed by atoms with Crippen LogP contribution in [0.25, 0.3) is 0 Å². The van der Waals surface area contributed by atoms with E-state index in [1.165, 1.54) is 12.1 Å². The zero-order valence-corrected chi connectivity index (χ0v) is 12.3. The third kappa shape index (κ3) is 3.48. The molecule has 1 fully saturated rings. The normalized spacial score (nSPS) is 18.0. The minimum absolute atomic E-state index is 0.207. The molecule has 1 aliphatic heterocycles. The van der Waals surface area contributed by atoms with Gasteiger partial charge in [-0.15, -0.1) is 0 Å². The molecule has 0 spiro atoms.